The minimum Gasteiger partial charge on any atom is -0.428 e. The number of H-pyrrole nitrogens is 1. The number of aromatic amines is 1. The van der Waals surface area contributed by atoms with Crippen LogP contribution in [0.1, 0.15) is 63.0 Å². The van der Waals surface area contributed by atoms with Gasteiger partial charge in [-0.1, -0.05) is 10.1 Å². The maximum Gasteiger partial charge on any atom is 0.278 e. The Balaban J connectivity index is 1.57. The van der Waals surface area contributed by atoms with E-state index in [1.54, 1.807) is 0 Å². The van der Waals surface area contributed by atoms with Gasteiger partial charge in [-0.05, 0) is 69.2 Å². The molecule has 59 heavy (non-hydrogen) atoms. The third kappa shape index (κ3) is 10.9. The number of carbonyl (C=O) groups excluding carboxylic acids is 3. The van der Waals surface area contributed by atoms with Crippen LogP contribution in [0.25, 0.3) is 6.08 Å². The van der Waals surface area contributed by atoms with Gasteiger partial charge in [0.15, 0.2) is 12.1 Å². The molecular formula is C31H41N7O17S4. The standard InChI is InChI=1S/C31H41N7O17S4/c1-32-16-51-29-21(31(42)38(35-29)23-15-19(57-55-53-44)8-12-25(23)59(48,49)50)10-6-17(36-13-3-4-26(36)39)5-9-20-27(28(40)33-2)34-37(30(20)41)22-14-18(56-54-52-43)7-11-24(22)58(45,46)47/h5-6,9-10,16,18-19,22-25,35,43-44H,3-4,7-8,11-15H2,1-2H3,(H,33,40)(H,45,46,47)(H,48,49,50)/b10-6?,17-5?,20-9-,32-16?. The number of nitrogens with zero attached hydrogens (tertiary/aromatic N) is 5. The summed E-state index contributed by atoms with van der Waals surface area (Å²) in [6.45, 7) is 0.214. The second kappa shape index (κ2) is 20.1. The number of ether oxygens (including phenoxy) is 1. The summed E-state index contributed by atoms with van der Waals surface area (Å²) in [5.74, 6) is -2.28. The smallest absolute Gasteiger partial charge is 0.278 e. The molecule has 326 valence electrons. The van der Waals surface area contributed by atoms with Crippen molar-refractivity contribution in [2.75, 3.05) is 20.6 Å². The summed E-state index contributed by atoms with van der Waals surface area (Å²) in [5.41, 5.74) is -1.61. The molecule has 3 amide bonds. The molecule has 1 aromatic heterocycles. The Bertz CT molecular complexity index is 2190. The Morgan fingerprint density at radius 2 is 1.58 bits per heavy atom. The summed E-state index contributed by atoms with van der Waals surface area (Å²) in [6.07, 6.45) is 6.66. The second-order valence-electron chi connectivity index (χ2n) is 13.4. The second-order valence-corrected chi connectivity index (χ2v) is 18.7. The van der Waals surface area contributed by atoms with Gasteiger partial charge in [-0.25, -0.2) is 20.2 Å². The average Bonchev–Trinajstić information content (AvgIpc) is 3.87. The highest BCUT2D eigenvalue weighted by Crippen LogP contribution is 2.39. The highest BCUT2D eigenvalue weighted by molar-refractivity contribution is 7.95. The number of rotatable bonds is 17. The first kappa shape index (κ1) is 46.1. The van der Waals surface area contributed by atoms with E-state index in [1.165, 1.54) is 43.3 Å². The number of likely N-dealkylation sites (tertiary alicyclic amines) is 1. The molecule has 2 aliphatic heterocycles. The van der Waals surface area contributed by atoms with Crippen molar-refractivity contribution < 1.29 is 74.3 Å². The number of amides is 3. The van der Waals surface area contributed by atoms with Crippen molar-refractivity contribution >= 4 is 80.2 Å². The minimum atomic E-state index is -4.74. The van der Waals surface area contributed by atoms with Crippen molar-refractivity contribution in [1.29, 1.82) is 0 Å². The van der Waals surface area contributed by atoms with Gasteiger partial charge in [0.25, 0.3) is 37.6 Å². The molecule has 5 rings (SSSR count). The third-order valence-corrected chi connectivity index (χ3v) is 14.3. The average molecular weight is 912 g/mol. The molecule has 0 radical (unpaired) electrons. The number of hydrogen-bond donors (Lipinski definition) is 6. The summed E-state index contributed by atoms with van der Waals surface area (Å²) >= 11 is 1.34. The summed E-state index contributed by atoms with van der Waals surface area (Å²) in [4.78, 5) is 59.3. The van der Waals surface area contributed by atoms with E-state index in [1.807, 2.05) is 0 Å². The quantitative estimate of drug-likeness (QED) is 0.0187. The lowest BCUT2D eigenvalue weighted by Crippen LogP contribution is -2.50. The fourth-order valence-electron chi connectivity index (χ4n) is 7.32. The molecule has 6 N–H and O–H groups in total. The van der Waals surface area contributed by atoms with Gasteiger partial charge in [0.2, 0.25) is 11.8 Å². The van der Waals surface area contributed by atoms with Gasteiger partial charge in [-0.15, -0.1) is 8.67 Å². The van der Waals surface area contributed by atoms with E-state index >= 15 is 0 Å². The van der Waals surface area contributed by atoms with Crippen molar-refractivity contribution in [2.45, 2.75) is 84.5 Å². The number of hydrogen-bond acceptors (Lipinski definition) is 19. The predicted octanol–water partition coefficient (Wildman–Crippen LogP) is 1.27. The molecular weight excluding hydrogens is 871 g/mol. The van der Waals surface area contributed by atoms with Crippen LogP contribution in [0.15, 0.2) is 44.4 Å². The van der Waals surface area contributed by atoms with Crippen LogP contribution in [0.2, 0.25) is 0 Å². The Morgan fingerprint density at radius 3 is 2.12 bits per heavy atom. The molecule has 0 aromatic carbocycles. The van der Waals surface area contributed by atoms with Gasteiger partial charge < -0.3 is 15.0 Å². The van der Waals surface area contributed by atoms with Crippen molar-refractivity contribution in [1.82, 2.24) is 25.0 Å². The number of hydrazone groups is 1. The predicted molar refractivity (Wildman–Crippen MR) is 208 cm³/mol. The van der Waals surface area contributed by atoms with Crippen LogP contribution >= 0.6 is 24.1 Å². The number of aromatic nitrogens is 2. The Labute approximate surface area is 344 Å². The first-order chi connectivity index (χ1) is 28.0. The third-order valence-electron chi connectivity index (χ3n) is 10.00. The topological polar surface area (TPSA) is 328 Å². The van der Waals surface area contributed by atoms with Crippen molar-refractivity contribution in [2.24, 2.45) is 10.1 Å². The van der Waals surface area contributed by atoms with E-state index in [-0.39, 0.29) is 80.1 Å². The van der Waals surface area contributed by atoms with Crippen LogP contribution in [0, 0.1) is 0 Å². The molecule has 2 aliphatic carbocycles. The highest BCUT2D eigenvalue weighted by Gasteiger charge is 2.48. The zero-order chi connectivity index (χ0) is 43.1. The lowest BCUT2D eigenvalue weighted by atomic mass is 9.93. The molecule has 0 bridgehead atoms. The molecule has 2 saturated carbocycles. The van der Waals surface area contributed by atoms with Crippen LogP contribution in [-0.4, -0.2) is 134 Å². The van der Waals surface area contributed by atoms with Crippen molar-refractivity contribution in [3.8, 4) is 5.88 Å². The van der Waals surface area contributed by atoms with Crippen LogP contribution in [0.4, 0.5) is 0 Å². The van der Waals surface area contributed by atoms with Crippen LogP contribution in [0.5, 0.6) is 5.88 Å². The zero-order valence-electron chi connectivity index (χ0n) is 31.2. The fraction of sp³-hybridized carbons (Fsp3) is 0.548. The Morgan fingerprint density at radius 1 is 0.966 bits per heavy atom. The molecule has 0 spiro atoms. The Kier molecular flexibility index (Phi) is 15.7. The van der Waals surface area contributed by atoms with E-state index < -0.39 is 76.4 Å². The summed E-state index contributed by atoms with van der Waals surface area (Å²) in [7, 11) is -6.78. The van der Waals surface area contributed by atoms with Crippen molar-refractivity contribution in [3.05, 3.63) is 45.4 Å². The van der Waals surface area contributed by atoms with Crippen LogP contribution < -0.4 is 15.6 Å². The molecule has 24 nitrogen and oxygen atoms in total. The molecule has 3 heterocycles. The number of aliphatic imine (C=N–C) groups is 1. The van der Waals surface area contributed by atoms with Gasteiger partial charge in [-0.2, -0.15) is 21.9 Å². The molecule has 3 fully saturated rings. The number of carbonyl (C=O) groups is 3. The van der Waals surface area contributed by atoms with Crippen LogP contribution in [-0.2, 0) is 53.4 Å². The summed E-state index contributed by atoms with van der Waals surface area (Å²) < 4.78 is 85.5. The van der Waals surface area contributed by atoms with E-state index in [0.717, 1.165) is 16.1 Å². The van der Waals surface area contributed by atoms with Gasteiger partial charge in [-0.3, -0.25) is 38.4 Å². The maximum atomic E-state index is 14.0. The number of nitrogens with one attached hydrogen (secondary N) is 2. The van der Waals surface area contributed by atoms with Gasteiger partial charge in [0.1, 0.15) is 16.1 Å². The summed E-state index contributed by atoms with van der Waals surface area (Å²) in [5, 5.41) is 30.6. The monoisotopic (exact) mass is 911 g/mol. The van der Waals surface area contributed by atoms with Crippen LogP contribution in [0.3, 0.4) is 0 Å². The van der Waals surface area contributed by atoms with Gasteiger partial charge >= 0.3 is 0 Å². The highest BCUT2D eigenvalue weighted by atomic mass is 32.2. The lowest BCUT2D eigenvalue weighted by Gasteiger charge is -2.36. The maximum absolute atomic E-state index is 14.0. The van der Waals surface area contributed by atoms with Gasteiger partial charge in [0, 0.05) is 67.3 Å². The molecule has 4 aliphatic rings. The van der Waals surface area contributed by atoms with E-state index in [0.29, 0.717) is 30.5 Å². The molecule has 28 heteroatoms. The Hall–Kier alpha value is -3.94. The molecule has 6 unspecified atom stereocenters. The normalized spacial score (nSPS) is 26.8. The zero-order valence-corrected chi connectivity index (χ0v) is 34.4. The summed E-state index contributed by atoms with van der Waals surface area (Å²) in [6, 6.07) is -2.49. The molecule has 1 saturated heterocycles. The molecule has 1 aromatic rings. The first-order valence-electron chi connectivity index (χ1n) is 17.7. The molecule has 6 atom stereocenters. The SMILES string of the molecule is CN=COc1[nH]n(C2CC(SOOO)CCC2S(=O)(=O)O)c(=O)c1C=CC(=C/C=C1\C(=O)N(C2CC(SOOO)CCC2S(=O)(=O)O)N=C1C(=O)NC)N1CCCC1=O. The largest absolute Gasteiger partial charge is 0.428 e. The minimum absolute atomic E-state index is 0.0547. The lowest BCUT2D eigenvalue weighted by molar-refractivity contribution is -0.432. The van der Waals surface area contributed by atoms with E-state index in [4.69, 9.17) is 15.3 Å². The van der Waals surface area contributed by atoms with Crippen molar-refractivity contribution in [3.63, 3.8) is 0 Å². The fourth-order valence-corrected chi connectivity index (χ4v) is 10.7. The first-order valence-corrected chi connectivity index (χ1v) is 22.3. The van der Waals surface area contributed by atoms with E-state index in [2.05, 4.69) is 39.3 Å². The van der Waals surface area contributed by atoms with Gasteiger partial charge in [0.05, 0.1) is 17.7 Å². The van der Waals surface area contributed by atoms with E-state index in [9.17, 15) is 45.1 Å². The number of allylic oxidation sites excluding steroid dienone is 3.